The molecule has 0 amide bonds. The maximum atomic E-state index is 0. The summed E-state index contributed by atoms with van der Waals surface area (Å²) in [7, 11) is 0. The molecule has 13 heteroatoms. The largest absolute Gasteiger partial charge is 2.00 e. The van der Waals surface area contributed by atoms with Gasteiger partial charge in [0.25, 0.3) is 0 Å². The van der Waals surface area contributed by atoms with E-state index in [1.165, 1.54) is 0 Å². The normalized spacial score (nSPS) is 0. The maximum Gasteiger partial charge on any atom is 0 e. The fourth-order valence-corrected chi connectivity index (χ4v) is 0. The van der Waals surface area contributed by atoms with Crippen molar-refractivity contribution < 1.29 is 117 Å². The first-order valence-electron chi connectivity index (χ1n) is 0. The van der Waals surface area contributed by atoms with Crippen LogP contribution in [-0.4, -0.2) is 72.4 Å². The minimum absolute atomic E-state index is 0. The van der Waals surface area contributed by atoms with Crippen LogP contribution in [-0.2, 0) is 117 Å². The first-order valence-corrected chi connectivity index (χ1v) is 0. The molecule has 0 heterocycles. The zero-order valence-electron chi connectivity index (χ0n) is 4.43. The average molecular weight is 463 g/mol. The molecule has 0 saturated heterocycles. The zero-order valence-corrected chi connectivity index (χ0v) is 13.2. The van der Waals surface area contributed by atoms with Crippen molar-refractivity contribution in [3.8, 4) is 0 Å². The number of hydrogen-bond donors (Lipinski definition) is 0. The van der Waals surface area contributed by atoms with Gasteiger partial charge < -0.3 is 16.4 Å². The average Bonchev–Trinajstić information content (AvgIpc) is 0. The van der Waals surface area contributed by atoms with Crippen LogP contribution in [0.1, 0.15) is 0 Å². The molecule has 0 unspecified atom stereocenters. The van der Waals surface area contributed by atoms with Gasteiger partial charge in [-0.05, 0) is 0 Å². The van der Waals surface area contributed by atoms with Gasteiger partial charge in [0, 0.05) is 101 Å². The molecule has 0 saturated carbocycles. The van der Waals surface area contributed by atoms with Gasteiger partial charge in [-0.3, -0.25) is 0 Å². The summed E-state index contributed by atoms with van der Waals surface area (Å²) in [6.45, 7) is 0. The van der Waals surface area contributed by atoms with E-state index in [0.29, 0.717) is 0 Å². The van der Waals surface area contributed by atoms with Crippen molar-refractivity contribution in [1.82, 2.24) is 0 Å². The molecule has 0 aromatic rings. The van der Waals surface area contributed by atoms with Crippen LogP contribution in [0.25, 0.3) is 0 Å². The second-order valence-electron chi connectivity index (χ2n) is 0. The summed E-state index contributed by atoms with van der Waals surface area (Å²) >= 11 is 0. The van der Waals surface area contributed by atoms with Gasteiger partial charge in [-0.1, -0.05) is 0 Å². The Bertz CT molecular complexity index is 33.4. The van der Waals surface area contributed by atoms with Gasteiger partial charge in [-0.15, -0.1) is 0 Å². The van der Waals surface area contributed by atoms with Crippen molar-refractivity contribution in [2.45, 2.75) is 0 Å². The predicted octanol–water partition coefficient (Wildman–Crippen LogP) is -2.43. The van der Waals surface area contributed by atoms with Crippen molar-refractivity contribution in [1.29, 1.82) is 0 Å². The third kappa shape index (κ3) is 148. The van der Waals surface area contributed by atoms with Crippen LogP contribution in [0.2, 0.25) is 0 Å². The monoisotopic (exact) mass is 462 g/mol. The van der Waals surface area contributed by atoms with Crippen molar-refractivity contribution in [2.24, 2.45) is 0 Å². The van der Waals surface area contributed by atoms with Crippen LogP contribution in [0.4, 0.5) is 0 Å². The summed E-state index contributed by atoms with van der Waals surface area (Å²) in [5.74, 6) is 0. The summed E-state index contributed by atoms with van der Waals surface area (Å²) < 4.78 is 0. The van der Waals surface area contributed by atoms with Crippen LogP contribution >= 0.6 is 0 Å². The van der Waals surface area contributed by atoms with Crippen LogP contribution in [0.3, 0.4) is 0 Å². The van der Waals surface area contributed by atoms with Gasteiger partial charge in [0.2, 0.25) is 0 Å². The quantitative estimate of drug-likeness (QED) is 0.359. The van der Waals surface area contributed by atoms with E-state index in [1.54, 1.807) is 0 Å². The third-order valence-corrected chi connectivity index (χ3v) is 0. The fraction of sp³-hybridized carbons (Fsp3) is 0. The molecule has 0 aliphatic heterocycles. The van der Waals surface area contributed by atoms with E-state index >= 15 is 0 Å². The molecule has 0 aliphatic rings. The van der Waals surface area contributed by atoms with Crippen LogP contribution in [0.5, 0.6) is 0 Å². The van der Waals surface area contributed by atoms with Gasteiger partial charge in [-0.2, -0.15) is 0 Å². The Hall–Kier alpha value is 5.18. The van der Waals surface area contributed by atoms with Crippen molar-refractivity contribution in [3.63, 3.8) is 0 Å². The summed E-state index contributed by atoms with van der Waals surface area (Å²) in [6.07, 6.45) is 0. The molecule has 0 bridgehead atoms. The Kier molecular flexibility index (Phi) is 2580. The molecule has 0 aromatic carbocycles. The zero-order chi connectivity index (χ0) is 0. The molecule has 0 N–H and O–H groups in total. The molecule has 80 valence electrons. The predicted molar refractivity (Wildman–Crippen MR) is 27.9 cm³/mol. The van der Waals surface area contributed by atoms with E-state index in [2.05, 4.69) is 0 Å². The van der Waals surface area contributed by atoms with E-state index in [4.69, 9.17) is 0 Å². The first kappa shape index (κ1) is 200. The molecule has 0 fully saturated rings. The van der Waals surface area contributed by atoms with Crippen molar-refractivity contribution in [2.75, 3.05) is 0 Å². The van der Waals surface area contributed by atoms with E-state index in [0.717, 1.165) is 0 Å². The van der Waals surface area contributed by atoms with E-state index in [1.807, 2.05) is 0 Å². The second-order valence-corrected chi connectivity index (χ2v) is 0. The Labute approximate surface area is 186 Å². The molecular weight excluding hydrogens is 461 g/mol. The molecule has 0 aromatic heterocycles. The molecule has 0 aliphatic carbocycles. The van der Waals surface area contributed by atoms with Gasteiger partial charge in [-0.25, -0.2) is 0 Å². The SMILES string of the molecule is [Al+3].[Al+3].[Co].[Co].[LiH].[LiH].[Mn].[Mn].[Ni].[Ni].[O-2].[O-2].[O-2]. The summed E-state index contributed by atoms with van der Waals surface area (Å²) in [6, 6.07) is 0. The van der Waals surface area contributed by atoms with E-state index in [9.17, 15) is 0 Å². The van der Waals surface area contributed by atoms with Crippen LogP contribution < -0.4 is 0 Å². The van der Waals surface area contributed by atoms with Crippen LogP contribution in [0.15, 0.2) is 0 Å². The van der Waals surface area contributed by atoms with E-state index in [-0.39, 0.29) is 190 Å². The minimum Gasteiger partial charge on any atom is -2.00 e. The fourth-order valence-electron chi connectivity index (χ4n) is 0. The Morgan fingerprint density at radius 2 is 0.462 bits per heavy atom. The van der Waals surface area contributed by atoms with Crippen LogP contribution in [0, 0.1) is 0 Å². The minimum atomic E-state index is 0. The van der Waals surface area contributed by atoms with Crippen molar-refractivity contribution >= 4 is 72.4 Å². The van der Waals surface area contributed by atoms with Gasteiger partial charge >= 0.3 is 72.4 Å². The third-order valence-electron chi connectivity index (χ3n) is 0. The van der Waals surface area contributed by atoms with E-state index < -0.39 is 0 Å². The molecule has 0 spiro atoms. The maximum absolute atomic E-state index is 0. The number of rotatable bonds is 0. The van der Waals surface area contributed by atoms with Gasteiger partial charge in [0.1, 0.15) is 0 Å². The summed E-state index contributed by atoms with van der Waals surface area (Å²) in [4.78, 5) is 0. The standard InChI is InChI=1S/2Al.2Co.2Li.2Mn.2Ni.3O.2H/q2*+3;;;;;;;;;3*-2;;. The first-order chi connectivity index (χ1) is 0. The Morgan fingerprint density at radius 3 is 0.462 bits per heavy atom. The summed E-state index contributed by atoms with van der Waals surface area (Å²) in [5, 5.41) is 0. The molecule has 3 nitrogen and oxygen atoms in total. The smallest absolute Gasteiger partial charge is 0 e. The van der Waals surface area contributed by atoms with Crippen molar-refractivity contribution in [3.05, 3.63) is 0 Å². The summed E-state index contributed by atoms with van der Waals surface area (Å²) in [5.41, 5.74) is 0. The topological polar surface area (TPSA) is 85.5 Å². The van der Waals surface area contributed by atoms with Gasteiger partial charge in [0.15, 0.2) is 0 Å². The molecule has 4 radical (unpaired) electrons. The molecule has 0 atom stereocenters. The number of hydrogen-bond acceptors (Lipinski definition) is 0. The molecular formula is H2Al2Co2Li2Mn2Ni2O3. The Balaban J connectivity index is 0. The Morgan fingerprint density at radius 1 is 0.462 bits per heavy atom. The molecule has 0 rings (SSSR count). The van der Waals surface area contributed by atoms with Gasteiger partial charge in [0.05, 0.1) is 0 Å². The second kappa shape index (κ2) is 168. The molecule has 13 heavy (non-hydrogen) atoms.